The highest BCUT2D eigenvalue weighted by Gasteiger charge is 2.15. The van der Waals surface area contributed by atoms with E-state index in [9.17, 15) is 29.8 Å². The topological polar surface area (TPSA) is 142 Å². The Balaban J connectivity index is 1.79. The number of esters is 1. The van der Waals surface area contributed by atoms with Crippen LogP contribution in [0.25, 0.3) is 0 Å². The van der Waals surface area contributed by atoms with Gasteiger partial charge >= 0.3 is 5.97 Å². The Kier molecular flexibility index (Phi) is 6.53. The predicted molar refractivity (Wildman–Crippen MR) is 93.9 cm³/mol. The molecule has 0 aliphatic carbocycles. The number of carbonyl (C=O) groups excluding carboxylic acids is 2. The fourth-order valence-corrected chi connectivity index (χ4v) is 2.15. The highest BCUT2D eigenvalue weighted by Crippen LogP contribution is 2.19. The standard InChI is InChI=1S/C17H15N3O7/c21-16(18-13-5-7-14(8-6-13)19(23)24)9-10-17(22)27-11-12-3-1-2-4-15(12)20(25)26/h1-8H,9-11H2,(H,18,21). The Morgan fingerprint density at radius 3 is 2.22 bits per heavy atom. The molecule has 0 bridgehead atoms. The normalized spacial score (nSPS) is 10.1. The number of nitro benzene ring substituents is 2. The molecule has 0 atom stereocenters. The number of nitrogens with one attached hydrogen (secondary N) is 1. The van der Waals surface area contributed by atoms with Gasteiger partial charge in [-0.15, -0.1) is 0 Å². The van der Waals surface area contributed by atoms with Crippen LogP contribution >= 0.6 is 0 Å². The largest absolute Gasteiger partial charge is 0.461 e. The van der Waals surface area contributed by atoms with E-state index in [0.29, 0.717) is 5.69 Å². The van der Waals surface area contributed by atoms with Crippen molar-refractivity contribution >= 4 is 28.9 Å². The first-order valence-corrected chi connectivity index (χ1v) is 7.79. The Hall–Kier alpha value is -3.82. The number of benzene rings is 2. The number of non-ortho nitro benzene ring substituents is 1. The van der Waals surface area contributed by atoms with Gasteiger partial charge < -0.3 is 10.1 Å². The molecule has 0 aliphatic rings. The molecular weight excluding hydrogens is 358 g/mol. The Morgan fingerprint density at radius 2 is 1.59 bits per heavy atom. The maximum atomic E-state index is 11.8. The fourth-order valence-electron chi connectivity index (χ4n) is 2.15. The number of anilines is 1. The summed E-state index contributed by atoms with van der Waals surface area (Å²) in [6.45, 7) is -0.264. The minimum Gasteiger partial charge on any atom is -0.461 e. The molecular formula is C17H15N3O7. The van der Waals surface area contributed by atoms with Crippen LogP contribution in [0.3, 0.4) is 0 Å². The summed E-state index contributed by atoms with van der Waals surface area (Å²) in [5.41, 5.74) is 0.359. The second-order valence-corrected chi connectivity index (χ2v) is 5.40. The number of para-hydroxylation sites is 1. The van der Waals surface area contributed by atoms with Crippen molar-refractivity contribution in [2.75, 3.05) is 5.32 Å². The Labute approximate surface area is 153 Å². The van der Waals surface area contributed by atoms with Gasteiger partial charge in [-0.25, -0.2) is 0 Å². The first kappa shape index (κ1) is 19.5. The Bertz CT molecular complexity index is 865. The molecule has 0 saturated carbocycles. The lowest BCUT2D eigenvalue weighted by molar-refractivity contribution is -0.385. The van der Waals surface area contributed by atoms with E-state index in [1.807, 2.05) is 0 Å². The van der Waals surface area contributed by atoms with E-state index in [0.717, 1.165) is 0 Å². The molecule has 0 heterocycles. The number of nitro groups is 2. The summed E-state index contributed by atoms with van der Waals surface area (Å²) in [5.74, 6) is -1.14. The van der Waals surface area contributed by atoms with Gasteiger partial charge in [0, 0.05) is 30.3 Å². The average molecular weight is 373 g/mol. The van der Waals surface area contributed by atoms with Crippen LogP contribution in [-0.4, -0.2) is 21.7 Å². The quantitative estimate of drug-likeness (QED) is 0.426. The van der Waals surface area contributed by atoms with Gasteiger partial charge in [0.1, 0.15) is 6.61 Å². The maximum absolute atomic E-state index is 11.8. The minimum absolute atomic E-state index is 0.105. The van der Waals surface area contributed by atoms with Crippen molar-refractivity contribution in [2.45, 2.75) is 19.4 Å². The third-order valence-electron chi connectivity index (χ3n) is 3.50. The van der Waals surface area contributed by atoms with Gasteiger partial charge in [0.25, 0.3) is 11.4 Å². The van der Waals surface area contributed by atoms with E-state index in [2.05, 4.69) is 5.32 Å². The van der Waals surface area contributed by atoms with Crippen LogP contribution in [0.15, 0.2) is 48.5 Å². The van der Waals surface area contributed by atoms with Crippen LogP contribution in [0.5, 0.6) is 0 Å². The molecule has 2 rings (SSSR count). The van der Waals surface area contributed by atoms with Crippen LogP contribution in [0.2, 0.25) is 0 Å². The number of rotatable bonds is 8. The van der Waals surface area contributed by atoms with Crippen LogP contribution in [-0.2, 0) is 20.9 Å². The summed E-state index contributed by atoms with van der Waals surface area (Å²) in [5, 5.41) is 24.0. The first-order valence-electron chi connectivity index (χ1n) is 7.79. The fraction of sp³-hybridized carbons (Fsp3) is 0.176. The van der Waals surface area contributed by atoms with Crippen molar-refractivity contribution in [3.8, 4) is 0 Å². The molecule has 10 nitrogen and oxygen atoms in total. The molecule has 0 radical (unpaired) electrons. The van der Waals surface area contributed by atoms with Crippen LogP contribution < -0.4 is 5.32 Å². The van der Waals surface area contributed by atoms with Crippen molar-refractivity contribution < 1.29 is 24.2 Å². The number of hydrogen-bond donors (Lipinski definition) is 1. The third-order valence-corrected chi connectivity index (χ3v) is 3.50. The van der Waals surface area contributed by atoms with E-state index in [4.69, 9.17) is 4.74 Å². The number of nitrogens with zero attached hydrogens (tertiary/aromatic N) is 2. The number of amides is 1. The molecule has 0 fully saturated rings. The molecule has 1 N–H and O–H groups in total. The van der Waals surface area contributed by atoms with E-state index < -0.39 is 21.7 Å². The molecule has 140 valence electrons. The number of carbonyl (C=O) groups is 2. The molecule has 0 aromatic heterocycles. The average Bonchev–Trinajstić information content (AvgIpc) is 2.65. The van der Waals surface area contributed by atoms with Crippen molar-refractivity contribution in [2.24, 2.45) is 0 Å². The molecule has 2 aromatic carbocycles. The minimum atomic E-state index is -0.674. The van der Waals surface area contributed by atoms with Crippen LogP contribution in [0.1, 0.15) is 18.4 Å². The van der Waals surface area contributed by atoms with E-state index in [-0.39, 0.29) is 36.4 Å². The molecule has 27 heavy (non-hydrogen) atoms. The summed E-state index contributed by atoms with van der Waals surface area (Å²) < 4.78 is 4.96. The molecule has 2 aromatic rings. The van der Waals surface area contributed by atoms with Crippen molar-refractivity contribution in [1.82, 2.24) is 0 Å². The smallest absolute Gasteiger partial charge is 0.306 e. The van der Waals surface area contributed by atoms with Crippen LogP contribution in [0.4, 0.5) is 17.1 Å². The SMILES string of the molecule is O=C(CCC(=O)OCc1ccccc1[N+](=O)[O-])Nc1ccc([N+](=O)[O-])cc1. The summed E-state index contributed by atoms with van der Waals surface area (Å²) in [7, 11) is 0. The lowest BCUT2D eigenvalue weighted by Crippen LogP contribution is -2.14. The van der Waals surface area contributed by atoms with Crippen molar-refractivity contribution in [3.05, 3.63) is 74.3 Å². The lowest BCUT2D eigenvalue weighted by Gasteiger charge is -2.07. The van der Waals surface area contributed by atoms with Gasteiger partial charge in [0.15, 0.2) is 0 Å². The molecule has 10 heteroatoms. The Morgan fingerprint density at radius 1 is 0.926 bits per heavy atom. The van der Waals surface area contributed by atoms with E-state index in [1.165, 1.54) is 42.5 Å². The van der Waals surface area contributed by atoms with Crippen molar-refractivity contribution in [1.29, 1.82) is 0 Å². The molecule has 1 amide bonds. The van der Waals surface area contributed by atoms with E-state index in [1.54, 1.807) is 6.07 Å². The van der Waals surface area contributed by atoms with Gasteiger partial charge in [0.2, 0.25) is 5.91 Å². The second-order valence-electron chi connectivity index (χ2n) is 5.40. The van der Waals surface area contributed by atoms with Gasteiger partial charge in [-0.3, -0.25) is 29.8 Å². The highest BCUT2D eigenvalue weighted by atomic mass is 16.6. The molecule has 0 unspecified atom stereocenters. The summed E-state index contributed by atoms with van der Waals surface area (Å²) in [6, 6.07) is 11.1. The first-order chi connectivity index (χ1) is 12.9. The maximum Gasteiger partial charge on any atom is 0.306 e. The number of ether oxygens (including phenoxy) is 1. The van der Waals surface area contributed by atoms with E-state index >= 15 is 0 Å². The molecule has 0 aliphatic heterocycles. The van der Waals surface area contributed by atoms with Gasteiger partial charge in [-0.05, 0) is 18.2 Å². The summed E-state index contributed by atoms with van der Waals surface area (Å²) >= 11 is 0. The van der Waals surface area contributed by atoms with Gasteiger partial charge in [0.05, 0.1) is 21.8 Å². The lowest BCUT2D eigenvalue weighted by atomic mass is 10.2. The summed E-state index contributed by atoms with van der Waals surface area (Å²) in [6.07, 6.45) is -0.369. The highest BCUT2D eigenvalue weighted by molar-refractivity contribution is 5.92. The zero-order chi connectivity index (χ0) is 19.8. The van der Waals surface area contributed by atoms with Crippen molar-refractivity contribution in [3.63, 3.8) is 0 Å². The third kappa shape index (κ3) is 5.88. The second kappa shape index (κ2) is 9.04. The molecule has 0 spiro atoms. The molecule has 0 saturated heterocycles. The van der Waals surface area contributed by atoms with Crippen LogP contribution in [0, 0.1) is 20.2 Å². The van der Waals surface area contributed by atoms with Gasteiger partial charge in [-0.2, -0.15) is 0 Å². The van der Waals surface area contributed by atoms with Gasteiger partial charge in [-0.1, -0.05) is 12.1 Å². The monoisotopic (exact) mass is 373 g/mol. The summed E-state index contributed by atoms with van der Waals surface area (Å²) in [4.78, 5) is 43.9. The number of hydrogen-bond acceptors (Lipinski definition) is 7. The predicted octanol–water partition coefficient (Wildman–Crippen LogP) is 2.97. The zero-order valence-electron chi connectivity index (χ0n) is 14.0. The zero-order valence-corrected chi connectivity index (χ0v) is 14.0.